The van der Waals surface area contributed by atoms with Crippen molar-refractivity contribution in [3.63, 3.8) is 0 Å². The highest BCUT2D eigenvalue weighted by Gasteiger charge is 2.32. The van der Waals surface area contributed by atoms with E-state index in [0.29, 0.717) is 18.2 Å². The Kier molecular flexibility index (Phi) is 4.60. The average molecular weight is 221 g/mol. The normalized spacial score (nSPS) is 37.1. The van der Waals surface area contributed by atoms with Crippen LogP contribution in [-0.2, 0) is 0 Å². The molecule has 0 bridgehead atoms. The summed E-state index contributed by atoms with van der Waals surface area (Å²) in [6.45, 7) is 5.08. The minimum atomic E-state index is 0.0488. The molecule has 1 rings (SSSR count). The first-order valence-corrected chi connectivity index (χ1v) is 5.51. The molecule has 4 nitrogen and oxygen atoms in total. The predicted molar refractivity (Wildman–Crippen MR) is 60.0 cm³/mol. The van der Waals surface area contributed by atoms with Crippen molar-refractivity contribution >= 4 is 11.6 Å². The van der Waals surface area contributed by atoms with E-state index in [1.54, 1.807) is 0 Å². The lowest BCUT2D eigenvalue weighted by Crippen LogP contribution is -2.63. The van der Waals surface area contributed by atoms with E-state index in [2.05, 4.69) is 41.7 Å². The second kappa shape index (κ2) is 5.28. The van der Waals surface area contributed by atoms with Crippen molar-refractivity contribution in [3.05, 3.63) is 0 Å². The van der Waals surface area contributed by atoms with Gasteiger partial charge in [0.2, 0.25) is 0 Å². The fourth-order valence-electron chi connectivity index (χ4n) is 1.70. The van der Waals surface area contributed by atoms with Gasteiger partial charge in [0.15, 0.2) is 0 Å². The van der Waals surface area contributed by atoms with Crippen molar-refractivity contribution in [1.29, 1.82) is 0 Å². The monoisotopic (exact) mass is 220 g/mol. The Bertz CT molecular complexity index is 178. The number of hydrogen-bond donors (Lipinski definition) is 3. The van der Waals surface area contributed by atoms with Gasteiger partial charge in [-0.2, -0.15) is 0 Å². The molecular formula is C9H21ClN4. The summed E-state index contributed by atoms with van der Waals surface area (Å²) in [5.74, 6) is 0.381. The minimum absolute atomic E-state index is 0.0488. The maximum atomic E-state index is 6.16. The summed E-state index contributed by atoms with van der Waals surface area (Å²) >= 11 is 6.16. The average Bonchev–Trinajstić information content (AvgIpc) is 2.18. The van der Waals surface area contributed by atoms with Crippen LogP contribution in [0.4, 0.5) is 0 Å². The third-order valence-corrected chi connectivity index (χ3v) is 3.38. The maximum absolute atomic E-state index is 6.16. The Labute approximate surface area is 91.4 Å². The molecule has 1 aliphatic rings. The summed E-state index contributed by atoms with van der Waals surface area (Å²) in [4.78, 5) is 2.23. The van der Waals surface area contributed by atoms with E-state index in [9.17, 15) is 0 Å². The zero-order valence-corrected chi connectivity index (χ0v) is 10.1. The molecule has 1 fully saturated rings. The summed E-state index contributed by atoms with van der Waals surface area (Å²) in [6, 6.07) is 0. The molecule has 0 aromatic carbocycles. The first-order chi connectivity index (χ1) is 6.56. The van der Waals surface area contributed by atoms with Crippen LogP contribution >= 0.6 is 11.6 Å². The predicted octanol–water partition coefficient (Wildman–Crippen LogP) is 0.161. The van der Waals surface area contributed by atoms with Crippen LogP contribution in [0.25, 0.3) is 0 Å². The van der Waals surface area contributed by atoms with Gasteiger partial charge in [0.1, 0.15) is 0 Å². The van der Waals surface area contributed by atoms with Crippen LogP contribution < -0.4 is 16.0 Å². The second-order valence-electron chi connectivity index (χ2n) is 4.00. The molecule has 0 aliphatic carbocycles. The third-order valence-electron chi connectivity index (χ3n) is 2.82. The molecule has 0 spiro atoms. The van der Waals surface area contributed by atoms with Gasteiger partial charge >= 0.3 is 0 Å². The Hall–Kier alpha value is 0.130. The Morgan fingerprint density at radius 1 is 1.57 bits per heavy atom. The summed E-state index contributed by atoms with van der Waals surface area (Å²) in [5, 5.41) is 9.89. The molecule has 14 heavy (non-hydrogen) atoms. The number of hydrogen-bond acceptors (Lipinski definition) is 4. The lowest BCUT2D eigenvalue weighted by molar-refractivity contribution is 0.0747. The highest BCUT2D eigenvalue weighted by Crippen LogP contribution is 2.18. The third kappa shape index (κ3) is 2.81. The molecule has 0 radical (unpaired) electrons. The molecule has 2 unspecified atom stereocenters. The van der Waals surface area contributed by atoms with Crippen LogP contribution in [0.5, 0.6) is 0 Å². The van der Waals surface area contributed by atoms with E-state index < -0.39 is 0 Å². The molecule has 0 aromatic rings. The van der Waals surface area contributed by atoms with E-state index in [1.807, 2.05) is 7.05 Å². The van der Waals surface area contributed by atoms with Crippen molar-refractivity contribution in [1.82, 2.24) is 20.9 Å². The van der Waals surface area contributed by atoms with Gasteiger partial charge in [-0.25, -0.2) is 0 Å². The van der Waals surface area contributed by atoms with Crippen molar-refractivity contribution in [2.75, 3.05) is 20.8 Å². The lowest BCUT2D eigenvalue weighted by atomic mass is 10.1. The van der Waals surface area contributed by atoms with Gasteiger partial charge in [0.05, 0.1) is 24.5 Å². The van der Waals surface area contributed by atoms with Gasteiger partial charge in [-0.3, -0.25) is 15.5 Å². The first kappa shape index (κ1) is 12.2. The molecule has 1 heterocycles. The zero-order chi connectivity index (χ0) is 10.7. The van der Waals surface area contributed by atoms with Crippen LogP contribution in [0.1, 0.15) is 13.8 Å². The fourth-order valence-corrected chi connectivity index (χ4v) is 1.90. The van der Waals surface area contributed by atoms with E-state index in [0.717, 1.165) is 6.67 Å². The van der Waals surface area contributed by atoms with E-state index in [-0.39, 0.29) is 5.50 Å². The molecule has 0 amide bonds. The van der Waals surface area contributed by atoms with Gasteiger partial charge in [0, 0.05) is 5.92 Å². The molecule has 84 valence electrons. The number of nitrogens with zero attached hydrogens (tertiary/aromatic N) is 1. The first-order valence-electron chi connectivity index (χ1n) is 5.07. The summed E-state index contributed by atoms with van der Waals surface area (Å²) in [6.07, 6.45) is 0.619. The lowest BCUT2D eigenvalue weighted by Gasteiger charge is -2.42. The highest BCUT2D eigenvalue weighted by atomic mass is 35.5. The Balaban J connectivity index is 2.53. The zero-order valence-electron chi connectivity index (χ0n) is 9.34. The molecule has 0 saturated carbocycles. The Morgan fingerprint density at radius 3 is 2.79 bits per heavy atom. The number of rotatable bonds is 3. The van der Waals surface area contributed by atoms with Gasteiger partial charge in [-0.1, -0.05) is 6.92 Å². The van der Waals surface area contributed by atoms with Crippen LogP contribution in [0.3, 0.4) is 0 Å². The van der Waals surface area contributed by atoms with Crippen molar-refractivity contribution < 1.29 is 0 Å². The van der Waals surface area contributed by atoms with Crippen molar-refractivity contribution in [2.24, 2.45) is 5.92 Å². The maximum Gasteiger partial charge on any atom is 0.0889 e. The van der Waals surface area contributed by atoms with Crippen LogP contribution in [-0.4, -0.2) is 43.5 Å². The molecule has 0 aromatic heterocycles. The SMILES string of the molecule is CNC(C)NC1[C@@H](C)[C@@H](Cl)NCN1C. The number of halogens is 1. The van der Waals surface area contributed by atoms with Gasteiger partial charge < -0.3 is 5.32 Å². The summed E-state index contributed by atoms with van der Waals surface area (Å²) in [7, 11) is 4.04. The van der Waals surface area contributed by atoms with Gasteiger partial charge in [-0.05, 0) is 21.0 Å². The largest absolute Gasteiger partial charge is 0.305 e. The number of nitrogens with one attached hydrogen (secondary N) is 3. The van der Waals surface area contributed by atoms with E-state index in [4.69, 9.17) is 11.6 Å². The molecule has 1 aliphatic heterocycles. The molecular weight excluding hydrogens is 200 g/mol. The molecule has 4 atom stereocenters. The van der Waals surface area contributed by atoms with E-state index in [1.165, 1.54) is 0 Å². The molecule has 5 heteroatoms. The number of alkyl halides is 1. The molecule has 1 saturated heterocycles. The smallest absolute Gasteiger partial charge is 0.0889 e. The van der Waals surface area contributed by atoms with E-state index >= 15 is 0 Å². The van der Waals surface area contributed by atoms with Crippen molar-refractivity contribution in [2.45, 2.75) is 31.7 Å². The summed E-state index contributed by atoms with van der Waals surface area (Å²) in [5.41, 5.74) is 0.0488. The standard InChI is InChI=1S/C9H21ClN4/c1-6-8(10)12-5-14(4)9(6)13-7(2)11-3/h6-9,11-13H,5H2,1-4H3/t6-,7?,8-,9?/m0/s1. The highest BCUT2D eigenvalue weighted by molar-refractivity contribution is 6.20. The summed E-state index contributed by atoms with van der Waals surface area (Å²) < 4.78 is 0. The molecule has 3 N–H and O–H groups in total. The van der Waals surface area contributed by atoms with Gasteiger partial charge in [0.25, 0.3) is 0 Å². The minimum Gasteiger partial charge on any atom is -0.305 e. The quantitative estimate of drug-likeness (QED) is 0.360. The Morgan fingerprint density at radius 2 is 2.21 bits per heavy atom. The topological polar surface area (TPSA) is 39.3 Å². The van der Waals surface area contributed by atoms with Crippen LogP contribution in [0.2, 0.25) is 0 Å². The van der Waals surface area contributed by atoms with Crippen molar-refractivity contribution in [3.8, 4) is 0 Å². The fraction of sp³-hybridized carbons (Fsp3) is 1.00. The van der Waals surface area contributed by atoms with Gasteiger partial charge in [-0.15, -0.1) is 11.6 Å². The van der Waals surface area contributed by atoms with Crippen LogP contribution in [0, 0.1) is 5.92 Å². The van der Waals surface area contributed by atoms with Crippen LogP contribution in [0.15, 0.2) is 0 Å². The second-order valence-corrected chi connectivity index (χ2v) is 4.47.